The molecule has 1 aromatic heterocycles. The SMILES string of the molecule is COc1cc(OC)cc(C(=O)N(C)Cc2cc(C)on2)c1. The first-order valence-electron chi connectivity index (χ1n) is 6.44. The van der Waals surface area contributed by atoms with E-state index < -0.39 is 0 Å². The molecule has 6 heteroatoms. The molecular weight excluding hydrogens is 272 g/mol. The van der Waals surface area contributed by atoms with Crippen LogP contribution >= 0.6 is 0 Å². The van der Waals surface area contributed by atoms with Crippen molar-refractivity contribution in [1.82, 2.24) is 10.1 Å². The summed E-state index contributed by atoms with van der Waals surface area (Å²) in [5, 5.41) is 3.88. The average Bonchev–Trinajstić information content (AvgIpc) is 2.90. The highest BCUT2D eigenvalue weighted by Crippen LogP contribution is 2.23. The third-order valence-corrected chi connectivity index (χ3v) is 3.02. The van der Waals surface area contributed by atoms with Gasteiger partial charge in [-0.3, -0.25) is 4.79 Å². The maximum absolute atomic E-state index is 12.4. The molecule has 1 aromatic carbocycles. The molecule has 0 fully saturated rings. The van der Waals surface area contributed by atoms with E-state index in [-0.39, 0.29) is 5.91 Å². The lowest BCUT2D eigenvalue weighted by Gasteiger charge is -2.16. The van der Waals surface area contributed by atoms with Gasteiger partial charge in [0.15, 0.2) is 0 Å². The molecule has 6 nitrogen and oxygen atoms in total. The van der Waals surface area contributed by atoms with E-state index in [1.54, 1.807) is 50.4 Å². The first kappa shape index (κ1) is 14.9. The van der Waals surface area contributed by atoms with Crippen molar-refractivity contribution in [2.75, 3.05) is 21.3 Å². The number of hydrogen-bond donors (Lipinski definition) is 0. The Morgan fingerprint density at radius 1 is 1.19 bits per heavy atom. The predicted molar refractivity (Wildman–Crippen MR) is 76.6 cm³/mol. The van der Waals surface area contributed by atoms with Crippen LogP contribution in [0.25, 0.3) is 0 Å². The molecule has 0 radical (unpaired) electrons. The Morgan fingerprint density at radius 2 is 1.81 bits per heavy atom. The van der Waals surface area contributed by atoms with E-state index in [1.165, 1.54) is 0 Å². The number of rotatable bonds is 5. The molecule has 0 aliphatic rings. The van der Waals surface area contributed by atoms with Gasteiger partial charge in [-0.15, -0.1) is 0 Å². The summed E-state index contributed by atoms with van der Waals surface area (Å²) in [5.74, 6) is 1.72. The van der Waals surface area contributed by atoms with Crippen LogP contribution in [0.2, 0.25) is 0 Å². The maximum atomic E-state index is 12.4. The van der Waals surface area contributed by atoms with Crippen LogP contribution in [0.5, 0.6) is 11.5 Å². The third-order valence-electron chi connectivity index (χ3n) is 3.02. The van der Waals surface area contributed by atoms with Gasteiger partial charge in [0.05, 0.1) is 20.8 Å². The third kappa shape index (κ3) is 3.53. The standard InChI is InChI=1S/C15H18N2O4/c1-10-5-12(16-21-10)9-17(2)15(18)11-6-13(19-3)8-14(7-11)20-4/h5-8H,9H2,1-4H3. The fraction of sp³-hybridized carbons (Fsp3) is 0.333. The van der Waals surface area contributed by atoms with Crippen LogP contribution in [-0.4, -0.2) is 37.2 Å². The number of ether oxygens (including phenoxy) is 2. The van der Waals surface area contributed by atoms with Gasteiger partial charge in [0.2, 0.25) is 0 Å². The Kier molecular flexibility index (Phi) is 4.47. The van der Waals surface area contributed by atoms with E-state index in [0.717, 1.165) is 0 Å². The monoisotopic (exact) mass is 290 g/mol. The minimum Gasteiger partial charge on any atom is -0.497 e. The molecule has 0 unspecified atom stereocenters. The van der Waals surface area contributed by atoms with Gasteiger partial charge in [0.1, 0.15) is 23.0 Å². The van der Waals surface area contributed by atoms with Gasteiger partial charge in [-0.2, -0.15) is 0 Å². The molecule has 2 aromatic rings. The summed E-state index contributed by atoms with van der Waals surface area (Å²) in [6.45, 7) is 2.18. The number of carbonyl (C=O) groups is 1. The lowest BCUT2D eigenvalue weighted by atomic mass is 10.1. The second-order valence-corrected chi connectivity index (χ2v) is 4.69. The van der Waals surface area contributed by atoms with Crippen LogP contribution in [0, 0.1) is 6.92 Å². The molecule has 0 bridgehead atoms. The Labute approximate surface area is 123 Å². The van der Waals surface area contributed by atoms with Crippen molar-refractivity contribution in [3.05, 3.63) is 41.3 Å². The van der Waals surface area contributed by atoms with Crippen LogP contribution in [0.3, 0.4) is 0 Å². The van der Waals surface area contributed by atoms with Crippen molar-refractivity contribution in [2.24, 2.45) is 0 Å². The predicted octanol–water partition coefficient (Wildman–Crippen LogP) is 2.27. The van der Waals surface area contributed by atoms with Crippen molar-refractivity contribution in [1.29, 1.82) is 0 Å². The van der Waals surface area contributed by atoms with Gasteiger partial charge >= 0.3 is 0 Å². The minimum atomic E-state index is -0.146. The highest BCUT2D eigenvalue weighted by atomic mass is 16.5. The summed E-state index contributed by atoms with van der Waals surface area (Å²) in [6, 6.07) is 6.87. The van der Waals surface area contributed by atoms with E-state index in [2.05, 4.69) is 5.16 Å². The first-order chi connectivity index (χ1) is 10.0. The Balaban J connectivity index is 2.18. The van der Waals surface area contributed by atoms with E-state index >= 15 is 0 Å². The molecule has 0 spiro atoms. The number of carbonyl (C=O) groups excluding carboxylic acids is 1. The largest absolute Gasteiger partial charge is 0.497 e. The summed E-state index contributed by atoms with van der Waals surface area (Å²) in [7, 11) is 4.80. The number of nitrogens with zero attached hydrogens (tertiary/aromatic N) is 2. The summed E-state index contributed by atoms with van der Waals surface area (Å²) < 4.78 is 15.3. The zero-order valence-electron chi connectivity index (χ0n) is 12.5. The summed E-state index contributed by atoms with van der Waals surface area (Å²) in [4.78, 5) is 14.0. The molecule has 0 atom stereocenters. The summed E-state index contributed by atoms with van der Waals surface area (Å²) >= 11 is 0. The smallest absolute Gasteiger partial charge is 0.254 e. The molecule has 0 saturated carbocycles. The van der Waals surface area contributed by atoms with Crippen LogP contribution in [0.1, 0.15) is 21.8 Å². The number of benzene rings is 1. The van der Waals surface area contributed by atoms with Crippen molar-refractivity contribution >= 4 is 5.91 Å². The molecule has 0 aliphatic heterocycles. The highest BCUT2D eigenvalue weighted by Gasteiger charge is 2.16. The zero-order chi connectivity index (χ0) is 15.4. The number of amides is 1. The Hall–Kier alpha value is -2.50. The highest BCUT2D eigenvalue weighted by molar-refractivity contribution is 5.94. The molecule has 21 heavy (non-hydrogen) atoms. The number of aryl methyl sites for hydroxylation is 1. The van der Waals surface area contributed by atoms with Gasteiger partial charge in [-0.05, 0) is 19.1 Å². The van der Waals surface area contributed by atoms with Gasteiger partial charge in [0.25, 0.3) is 5.91 Å². The second kappa shape index (κ2) is 6.30. The first-order valence-corrected chi connectivity index (χ1v) is 6.44. The molecule has 1 heterocycles. The lowest BCUT2D eigenvalue weighted by Crippen LogP contribution is -2.26. The fourth-order valence-electron chi connectivity index (χ4n) is 1.96. The minimum absolute atomic E-state index is 0.146. The van der Waals surface area contributed by atoms with Crippen molar-refractivity contribution in [3.63, 3.8) is 0 Å². The molecule has 0 aliphatic carbocycles. The van der Waals surface area contributed by atoms with Crippen LogP contribution < -0.4 is 9.47 Å². The van der Waals surface area contributed by atoms with Crippen molar-refractivity contribution in [3.8, 4) is 11.5 Å². The topological polar surface area (TPSA) is 64.8 Å². The number of methoxy groups -OCH3 is 2. The molecular formula is C15H18N2O4. The number of hydrogen-bond acceptors (Lipinski definition) is 5. The molecule has 0 saturated heterocycles. The number of aromatic nitrogens is 1. The summed E-state index contributed by atoms with van der Waals surface area (Å²) in [5.41, 5.74) is 1.20. The average molecular weight is 290 g/mol. The molecule has 2 rings (SSSR count). The van der Waals surface area contributed by atoms with E-state index in [1.807, 2.05) is 6.92 Å². The molecule has 1 amide bonds. The quantitative estimate of drug-likeness (QED) is 0.845. The van der Waals surface area contributed by atoms with Crippen LogP contribution in [0.15, 0.2) is 28.8 Å². The molecule has 112 valence electrons. The van der Waals surface area contributed by atoms with Gasteiger partial charge in [0, 0.05) is 24.7 Å². The van der Waals surface area contributed by atoms with E-state index in [4.69, 9.17) is 14.0 Å². The maximum Gasteiger partial charge on any atom is 0.254 e. The second-order valence-electron chi connectivity index (χ2n) is 4.69. The van der Waals surface area contributed by atoms with Crippen LogP contribution in [0.4, 0.5) is 0 Å². The fourth-order valence-corrected chi connectivity index (χ4v) is 1.96. The van der Waals surface area contributed by atoms with Crippen molar-refractivity contribution in [2.45, 2.75) is 13.5 Å². The summed E-state index contributed by atoms with van der Waals surface area (Å²) in [6.07, 6.45) is 0. The Bertz CT molecular complexity index is 614. The Morgan fingerprint density at radius 3 is 2.29 bits per heavy atom. The van der Waals surface area contributed by atoms with Crippen molar-refractivity contribution < 1.29 is 18.8 Å². The normalized spacial score (nSPS) is 10.3. The van der Waals surface area contributed by atoms with E-state index in [0.29, 0.717) is 35.1 Å². The lowest BCUT2D eigenvalue weighted by molar-refractivity contribution is 0.0781. The van der Waals surface area contributed by atoms with Crippen LogP contribution in [-0.2, 0) is 6.54 Å². The zero-order valence-corrected chi connectivity index (χ0v) is 12.5. The van der Waals surface area contributed by atoms with Gasteiger partial charge in [-0.25, -0.2) is 0 Å². The van der Waals surface area contributed by atoms with E-state index in [9.17, 15) is 4.79 Å². The van der Waals surface area contributed by atoms with Gasteiger partial charge in [-0.1, -0.05) is 5.16 Å². The molecule has 0 N–H and O–H groups in total. The van der Waals surface area contributed by atoms with Gasteiger partial charge < -0.3 is 18.9 Å².